The lowest BCUT2D eigenvalue weighted by molar-refractivity contribution is -0.122. The van der Waals surface area contributed by atoms with Crippen LogP contribution in [-0.4, -0.2) is 12.5 Å². The van der Waals surface area contributed by atoms with Crippen LogP contribution in [-0.2, 0) is 4.79 Å². The third-order valence-corrected chi connectivity index (χ3v) is 3.69. The van der Waals surface area contributed by atoms with Gasteiger partial charge in [-0.1, -0.05) is 35.4 Å². The van der Waals surface area contributed by atoms with Crippen LogP contribution < -0.4 is 5.32 Å². The highest BCUT2D eigenvalue weighted by atomic mass is 79.9. The second-order valence-electron chi connectivity index (χ2n) is 4.37. The Labute approximate surface area is 93.3 Å². The number of hydrogen-bond acceptors (Lipinski definition) is 1. The zero-order chi connectivity index (χ0) is 10.1. The van der Waals surface area contributed by atoms with Crippen molar-refractivity contribution < 1.29 is 4.79 Å². The molecule has 2 unspecified atom stereocenters. The molecule has 0 heterocycles. The molecule has 3 heteroatoms. The van der Waals surface area contributed by atoms with E-state index < -0.39 is 0 Å². The van der Waals surface area contributed by atoms with Crippen LogP contribution in [0.25, 0.3) is 0 Å². The maximum Gasteiger partial charge on any atom is 0.223 e. The van der Waals surface area contributed by atoms with Crippen molar-refractivity contribution in [2.75, 3.05) is 6.54 Å². The standard InChI is InChI=1S/C11H16BrNO/c1-7(12)6-13-11(14)10-8-4-2-3-5-9(8)10/h8-10H,1-6H2,(H,13,14). The van der Waals surface area contributed by atoms with Crippen molar-refractivity contribution in [2.45, 2.75) is 25.7 Å². The average molecular weight is 258 g/mol. The van der Waals surface area contributed by atoms with E-state index in [0.717, 1.165) is 4.48 Å². The minimum absolute atomic E-state index is 0.238. The number of fused-ring (bicyclic) bond motifs is 1. The van der Waals surface area contributed by atoms with E-state index in [0.29, 0.717) is 24.3 Å². The second kappa shape index (κ2) is 4.05. The van der Waals surface area contributed by atoms with Gasteiger partial charge in [-0.3, -0.25) is 4.79 Å². The molecule has 2 fully saturated rings. The second-order valence-corrected chi connectivity index (χ2v) is 5.49. The first-order valence-electron chi connectivity index (χ1n) is 5.31. The van der Waals surface area contributed by atoms with E-state index in [-0.39, 0.29) is 5.91 Å². The first-order valence-corrected chi connectivity index (χ1v) is 6.10. The molecule has 2 nitrogen and oxygen atoms in total. The van der Waals surface area contributed by atoms with Crippen LogP contribution in [0.3, 0.4) is 0 Å². The van der Waals surface area contributed by atoms with E-state index in [2.05, 4.69) is 27.8 Å². The van der Waals surface area contributed by atoms with Gasteiger partial charge in [-0.2, -0.15) is 0 Å². The Morgan fingerprint density at radius 1 is 1.36 bits per heavy atom. The molecule has 0 spiro atoms. The lowest BCUT2D eigenvalue weighted by Crippen LogP contribution is -2.26. The number of amides is 1. The van der Waals surface area contributed by atoms with E-state index in [4.69, 9.17) is 0 Å². The third kappa shape index (κ3) is 2.02. The summed E-state index contributed by atoms with van der Waals surface area (Å²) in [6, 6.07) is 0. The molecule has 2 atom stereocenters. The molecule has 1 amide bonds. The fourth-order valence-corrected chi connectivity index (χ4v) is 2.82. The van der Waals surface area contributed by atoms with Gasteiger partial charge < -0.3 is 5.32 Å². The van der Waals surface area contributed by atoms with Gasteiger partial charge in [0.05, 0.1) is 0 Å². The Morgan fingerprint density at radius 2 is 1.93 bits per heavy atom. The minimum Gasteiger partial charge on any atom is -0.351 e. The fourth-order valence-electron chi connectivity index (χ4n) is 2.68. The van der Waals surface area contributed by atoms with Crippen molar-refractivity contribution in [1.82, 2.24) is 5.32 Å². The predicted molar refractivity (Wildman–Crippen MR) is 60.0 cm³/mol. The van der Waals surface area contributed by atoms with E-state index >= 15 is 0 Å². The Morgan fingerprint density at radius 3 is 2.43 bits per heavy atom. The molecule has 0 aliphatic heterocycles. The minimum atomic E-state index is 0.238. The number of halogens is 1. The molecule has 0 radical (unpaired) electrons. The molecule has 2 rings (SSSR count). The van der Waals surface area contributed by atoms with Gasteiger partial charge in [0.2, 0.25) is 5.91 Å². The summed E-state index contributed by atoms with van der Waals surface area (Å²) in [4.78, 5) is 11.7. The van der Waals surface area contributed by atoms with Crippen LogP contribution in [0.2, 0.25) is 0 Å². The van der Waals surface area contributed by atoms with Gasteiger partial charge in [-0.25, -0.2) is 0 Å². The summed E-state index contributed by atoms with van der Waals surface area (Å²) in [7, 11) is 0. The molecular weight excluding hydrogens is 242 g/mol. The normalized spacial score (nSPS) is 34.5. The van der Waals surface area contributed by atoms with Crippen LogP contribution in [0.4, 0.5) is 0 Å². The van der Waals surface area contributed by atoms with Gasteiger partial charge in [-0.05, 0) is 24.7 Å². The lowest BCUT2D eigenvalue weighted by Gasteiger charge is -2.04. The molecule has 14 heavy (non-hydrogen) atoms. The highest BCUT2D eigenvalue weighted by Crippen LogP contribution is 2.55. The summed E-state index contributed by atoms with van der Waals surface area (Å²) >= 11 is 3.24. The van der Waals surface area contributed by atoms with Crippen LogP contribution in [0, 0.1) is 17.8 Å². The highest BCUT2D eigenvalue weighted by molar-refractivity contribution is 9.11. The zero-order valence-corrected chi connectivity index (χ0v) is 9.85. The van der Waals surface area contributed by atoms with Crippen molar-refractivity contribution >= 4 is 21.8 Å². The topological polar surface area (TPSA) is 29.1 Å². The third-order valence-electron chi connectivity index (χ3n) is 3.41. The van der Waals surface area contributed by atoms with Crippen molar-refractivity contribution in [3.8, 4) is 0 Å². The first-order chi connectivity index (χ1) is 6.70. The Hall–Kier alpha value is -0.310. The Kier molecular flexibility index (Phi) is 2.96. The van der Waals surface area contributed by atoms with Gasteiger partial charge in [0.25, 0.3) is 0 Å². The van der Waals surface area contributed by atoms with Crippen molar-refractivity contribution in [2.24, 2.45) is 17.8 Å². The molecule has 2 aliphatic rings. The smallest absolute Gasteiger partial charge is 0.223 e. The monoisotopic (exact) mass is 257 g/mol. The van der Waals surface area contributed by atoms with Gasteiger partial charge in [0.1, 0.15) is 0 Å². The molecular formula is C11H16BrNO. The van der Waals surface area contributed by atoms with Gasteiger partial charge >= 0.3 is 0 Å². The van der Waals surface area contributed by atoms with Crippen molar-refractivity contribution in [3.63, 3.8) is 0 Å². The maximum absolute atomic E-state index is 11.7. The largest absolute Gasteiger partial charge is 0.351 e. The first kappa shape index (κ1) is 10.2. The molecule has 0 saturated heterocycles. The predicted octanol–water partition coefficient (Wildman–Crippen LogP) is 2.45. The summed E-state index contributed by atoms with van der Waals surface area (Å²) < 4.78 is 0.842. The van der Waals surface area contributed by atoms with Crippen molar-refractivity contribution in [1.29, 1.82) is 0 Å². The maximum atomic E-state index is 11.7. The van der Waals surface area contributed by atoms with Crippen LogP contribution >= 0.6 is 15.9 Å². The molecule has 1 N–H and O–H groups in total. The summed E-state index contributed by atoms with van der Waals surface area (Å²) in [5.74, 6) is 1.96. The number of carbonyl (C=O) groups is 1. The SMILES string of the molecule is C=C(Br)CNC(=O)C1C2CCCCC21. The molecule has 0 aromatic heterocycles. The van der Waals surface area contributed by atoms with Crippen molar-refractivity contribution in [3.05, 3.63) is 11.1 Å². The highest BCUT2D eigenvalue weighted by Gasteiger charge is 2.54. The fraction of sp³-hybridized carbons (Fsp3) is 0.727. The molecule has 0 bridgehead atoms. The summed E-state index contributed by atoms with van der Waals surface area (Å²) in [5.41, 5.74) is 0. The van der Waals surface area contributed by atoms with E-state index in [1.54, 1.807) is 0 Å². The molecule has 2 saturated carbocycles. The van der Waals surface area contributed by atoms with E-state index in [1.807, 2.05) is 0 Å². The molecule has 0 aromatic carbocycles. The summed E-state index contributed by atoms with van der Waals surface area (Å²) in [5, 5.41) is 2.92. The van der Waals surface area contributed by atoms with Gasteiger partial charge in [-0.15, -0.1) is 0 Å². The van der Waals surface area contributed by atoms with Gasteiger partial charge in [0.15, 0.2) is 0 Å². The van der Waals surface area contributed by atoms with Crippen LogP contribution in [0.1, 0.15) is 25.7 Å². The zero-order valence-electron chi connectivity index (χ0n) is 8.26. The Bertz CT molecular complexity index is 252. The van der Waals surface area contributed by atoms with Crippen LogP contribution in [0.5, 0.6) is 0 Å². The van der Waals surface area contributed by atoms with E-state index in [1.165, 1.54) is 25.7 Å². The summed E-state index contributed by atoms with van der Waals surface area (Å²) in [6.45, 7) is 4.26. The quantitative estimate of drug-likeness (QED) is 0.827. The number of rotatable bonds is 3. The number of carbonyl (C=O) groups excluding carboxylic acids is 1. The lowest BCUT2D eigenvalue weighted by atomic mass is 10.0. The Balaban J connectivity index is 1.79. The van der Waals surface area contributed by atoms with Crippen LogP contribution in [0.15, 0.2) is 11.1 Å². The number of nitrogens with one attached hydrogen (secondary N) is 1. The molecule has 78 valence electrons. The summed E-state index contributed by atoms with van der Waals surface area (Å²) in [6.07, 6.45) is 5.15. The molecule has 0 aromatic rings. The average Bonchev–Trinajstić information content (AvgIpc) is 2.88. The van der Waals surface area contributed by atoms with Gasteiger partial charge in [0, 0.05) is 16.9 Å². The molecule has 2 aliphatic carbocycles. The van der Waals surface area contributed by atoms with E-state index in [9.17, 15) is 4.79 Å². The number of hydrogen-bond donors (Lipinski definition) is 1.